The summed E-state index contributed by atoms with van der Waals surface area (Å²) in [6, 6.07) is 12.1. The smallest absolute Gasteiger partial charge is 0.0564 e. The second-order valence-electron chi connectivity index (χ2n) is 3.17. The number of nitrogens with zero attached hydrogens (tertiary/aromatic N) is 1. The molecule has 0 atom stereocenters. The van der Waals surface area contributed by atoms with Crippen molar-refractivity contribution in [1.82, 2.24) is 4.68 Å². The number of aromatic nitrogens is 1. The van der Waals surface area contributed by atoms with Crippen molar-refractivity contribution in [1.29, 1.82) is 0 Å². The van der Waals surface area contributed by atoms with Crippen molar-refractivity contribution in [3.05, 3.63) is 54.4 Å². The van der Waals surface area contributed by atoms with Crippen molar-refractivity contribution in [2.75, 3.05) is 11.2 Å². The fourth-order valence-electron chi connectivity index (χ4n) is 1.29. The van der Waals surface area contributed by atoms with Crippen molar-refractivity contribution >= 4 is 5.69 Å². The van der Waals surface area contributed by atoms with Crippen molar-refractivity contribution in [3.8, 4) is 0 Å². The number of nitrogen functional groups attached to an aromatic ring is 1. The summed E-state index contributed by atoms with van der Waals surface area (Å²) in [6.07, 6.45) is 3.75. The van der Waals surface area contributed by atoms with E-state index in [0.717, 1.165) is 12.2 Å². The van der Waals surface area contributed by atoms with Gasteiger partial charge in [-0.2, -0.15) is 0 Å². The lowest BCUT2D eigenvalue weighted by atomic mass is 10.2. The number of nitrogens with two attached hydrogens (primary N) is 1. The normalized spacial score (nSPS) is 10.0. The van der Waals surface area contributed by atoms with Gasteiger partial charge < -0.3 is 11.2 Å². The third-order valence-corrected chi connectivity index (χ3v) is 2.02. The van der Waals surface area contributed by atoms with Crippen LogP contribution >= 0.6 is 0 Å². The Balaban J connectivity index is 1.95. The minimum atomic E-state index is 0.769. The molecule has 0 spiro atoms. The first-order chi connectivity index (χ1) is 6.84. The van der Waals surface area contributed by atoms with Crippen LogP contribution in [-0.4, -0.2) is 4.68 Å². The number of anilines is 1. The molecule has 0 aliphatic rings. The third-order valence-electron chi connectivity index (χ3n) is 2.02. The zero-order valence-electron chi connectivity index (χ0n) is 7.85. The average Bonchev–Trinajstić information content (AvgIpc) is 2.63. The monoisotopic (exact) mass is 187 g/mol. The summed E-state index contributed by atoms with van der Waals surface area (Å²) in [4.78, 5) is 0. The Labute approximate surface area is 83.1 Å². The molecule has 72 valence electrons. The highest BCUT2D eigenvalue weighted by Crippen LogP contribution is 2.02. The Kier molecular flexibility index (Phi) is 2.40. The van der Waals surface area contributed by atoms with Crippen molar-refractivity contribution < 1.29 is 0 Å². The first-order valence-corrected chi connectivity index (χ1v) is 4.56. The van der Waals surface area contributed by atoms with Crippen LogP contribution in [0.1, 0.15) is 5.56 Å². The van der Waals surface area contributed by atoms with E-state index in [4.69, 9.17) is 5.73 Å². The highest BCUT2D eigenvalue weighted by Gasteiger charge is 1.92. The highest BCUT2D eigenvalue weighted by molar-refractivity contribution is 5.34. The molecule has 2 rings (SSSR count). The standard InChI is InChI=1S/C11H13N3/c12-11-6-7-14(9-11)13-8-10-4-2-1-3-5-10/h1-7,9,13H,8,12H2. The lowest BCUT2D eigenvalue weighted by molar-refractivity contribution is 0.848. The number of hydrogen-bond donors (Lipinski definition) is 2. The first-order valence-electron chi connectivity index (χ1n) is 4.56. The number of rotatable bonds is 3. The van der Waals surface area contributed by atoms with Gasteiger partial charge in [0, 0.05) is 12.4 Å². The summed E-state index contributed by atoms with van der Waals surface area (Å²) in [7, 11) is 0. The first kappa shape index (κ1) is 8.69. The highest BCUT2D eigenvalue weighted by atomic mass is 15.4. The van der Waals surface area contributed by atoms with Crippen molar-refractivity contribution in [2.24, 2.45) is 0 Å². The SMILES string of the molecule is Nc1ccn(NCc2ccccc2)c1. The van der Waals surface area contributed by atoms with Gasteiger partial charge in [-0.1, -0.05) is 30.3 Å². The van der Waals surface area contributed by atoms with Crippen molar-refractivity contribution in [3.63, 3.8) is 0 Å². The van der Waals surface area contributed by atoms with E-state index in [1.54, 1.807) is 0 Å². The van der Waals surface area contributed by atoms with Gasteiger partial charge in [-0.25, -0.2) is 0 Å². The zero-order chi connectivity index (χ0) is 9.80. The number of nitrogens with one attached hydrogen (secondary N) is 1. The summed E-state index contributed by atoms with van der Waals surface area (Å²) >= 11 is 0. The van der Waals surface area contributed by atoms with Crippen LogP contribution in [0.15, 0.2) is 48.8 Å². The van der Waals surface area contributed by atoms with Gasteiger partial charge in [-0.05, 0) is 11.6 Å². The van der Waals surface area contributed by atoms with Gasteiger partial charge in [-0.15, -0.1) is 0 Å². The molecule has 3 nitrogen and oxygen atoms in total. The maximum Gasteiger partial charge on any atom is 0.0564 e. The van der Waals surface area contributed by atoms with E-state index in [0.29, 0.717) is 0 Å². The van der Waals surface area contributed by atoms with E-state index >= 15 is 0 Å². The molecule has 3 N–H and O–H groups in total. The van der Waals surface area contributed by atoms with Crippen LogP contribution in [0.25, 0.3) is 0 Å². The maximum atomic E-state index is 5.59. The zero-order valence-corrected chi connectivity index (χ0v) is 7.85. The predicted octanol–water partition coefficient (Wildman–Crippen LogP) is 1.81. The van der Waals surface area contributed by atoms with Gasteiger partial charge in [0.15, 0.2) is 0 Å². The fourth-order valence-corrected chi connectivity index (χ4v) is 1.29. The molecule has 0 saturated carbocycles. The molecule has 3 heteroatoms. The molecule has 0 fully saturated rings. The number of benzene rings is 1. The lowest BCUT2D eigenvalue weighted by Gasteiger charge is -2.06. The van der Waals surface area contributed by atoms with Gasteiger partial charge in [0.2, 0.25) is 0 Å². The summed E-state index contributed by atoms with van der Waals surface area (Å²) in [5.74, 6) is 0. The topological polar surface area (TPSA) is 43.0 Å². The van der Waals surface area contributed by atoms with Gasteiger partial charge in [0.1, 0.15) is 0 Å². The fraction of sp³-hybridized carbons (Fsp3) is 0.0909. The summed E-state index contributed by atoms with van der Waals surface area (Å²) in [5.41, 5.74) is 10.8. The van der Waals surface area contributed by atoms with E-state index in [2.05, 4.69) is 17.6 Å². The Hall–Kier alpha value is -1.90. The second kappa shape index (κ2) is 3.87. The molecule has 0 unspecified atom stereocenters. The minimum Gasteiger partial charge on any atom is -0.397 e. The lowest BCUT2D eigenvalue weighted by Crippen LogP contribution is -2.11. The Bertz CT molecular complexity index is 392. The Morgan fingerprint density at radius 2 is 1.93 bits per heavy atom. The van der Waals surface area contributed by atoms with Crippen LogP contribution in [0.4, 0.5) is 5.69 Å². The quantitative estimate of drug-likeness (QED) is 0.769. The van der Waals surface area contributed by atoms with E-state index in [-0.39, 0.29) is 0 Å². The van der Waals surface area contributed by atoms with Gasteiger partial charge >= 0.3 is 0 Å². The van der Waals surface area contributed by atoms with E-state index in [9.17, 15) is 0 Å². The molecule has 0 bridgehead atoms. The van der Waals surface area contributed by atoms with Gasteiger partial charge in [0.25, 0.3) is 0 Å². The largest absolute Gasteiger partial charge is 0.397 e. The molecule has 0 radical (unpaired) electrons. The summed E-state index contributed by atoms with van der Waals surface area (Å²) in [5, 5.41) is 0. The molecular weight excluding hydrogens is 174 g/mol. The Morgan fingerprint density at radius 3 is 2.57 bits per heavy atom. The third kappa shape index (κ3) is 2.07. The molecule has 14 heavy (non-hydrogen) atoms. The Morgan fingerprint density at radius 1 is 1.14 bits per heavy atom. The molecule has 1 aromatic carbocycles. The van der Waals surface area contributed by atoms with E-state index < -0.39 is 0 Å². The maximum absolute atomic E-state index is 5.59. The molecule has 0 amide bonds. The molecular formula is C11H13N3. The molecule has 0 aliphatic heterocycles. The molecule has 0 saturated heterocycles. The minimum absolute atomic E-state index is 0.769. The molecule has 1 heterocycles. The van der Waals surface area contributed by atoms with E-state index in [1.165, 1.54) is 5.56 Å². The molecule has 1 aromatic heterocycles. The molecule has 2 aromatic rings. The van der Waals surface area contributed by atoms with Crippen molar-refractivity contribution in [2.45, 2.75) is 6.54 Å². The summed E-state index contributed by atoms with van der Waals surface area (Å²) < 4.78 is 1.86. The van der Waals surface area contributed by atoms with Gasteiger partial charge in [-0.3, -0.25) is 4.68 Å². The van der Waals surface area contributed by atoms with E-state index in [1.807, 2.05) is 41.3 Å². The molecule has 0 aliphatic carbocycles. The van der Waals surface area contributed by atoms with Crippen LogP contribution < -0.4 is 11.2 Å². The summed E-state index contributed by atoms with van der Waals surface area (Å²) in [6.45, 7) is 0.801. The van der Waals surface area contributed by atoms with Crippen LogP contribution in [0.5, 0.6) is 0 Å². The predicted molar refractivity (Wildman–Crippen MR) is 58.4 cm³/mol. The van der Waals surface area contributed by atoms with Crippen LogP contribution in [0.2, 0.25) is 0 Å². The second-order valence-corrected chi connectivity index (χ2v) is 3.17. The van der Waals surface area contributed by atoms with Crippen LogP contribution in [-0.2, 0) is 6.54 Å². The van der Waals surface area contributed by atoms with Gasteiger partial charge in [0.05, 0.1) is 12.2 Å². The number of hydrogen-bond acceptors (Lipinski definition) is 2. The van der Waals surface area contributed by atoms with Crippen LogP contribution in [0, 0.1) is 0 Å². The van der Waals surface area contributed by atoms with Crippen LogP contribution in [0.3, 0.4) is 0 Å². The average molecular weight is 187 g/mol.